The van der Waals surface area contributed by atoms with Crippen molar-refractivity contribution in [1.82, 2.24) is 10.2 Å². The van der Waals surface area contributed by atoms with Crippen LogP contribution in [0.5, 0.6) is 0 Å². The van der Waals surface area contributed by atoms with Gasteiger partial charge in [-0.05, 0) is 42.2 Å². The molecule has 1 amide bonds. The van der Waals surface area contributed by atoms with Crippen LogP contribution in [0.4, 0.5) is 4.39 Å². The fraction of sp³-hybridized carbons (Fsp3) is 0.316. The van der Waals surface area contributed by atoms with Gasteiger partial charge < -0.3 is 5.32 Å². The van der Waals surface area contributed by atoms with Crippen molar-refractivity contribution in [2.24, 2.45) is 0 Å². The molecule has 0 saturated heterocycles. The van der Waals surface area contributed by atoms with Gasteiger partial charge in [0.05, 0.1) is 6.04 Å². The number of nitrogens with one attached hydrogen (secondary N) is 1. The van der Waals surface area contributed by atoms with Crippen molar-refractivity contribution in [3.63, 3.8) is 0 Å². The highest BCUT2D eigenvalue weighted by Crippen LogP contribution is 2.20. The first kappa shape index (κ1) is 15.7. The Hall–Kier alpha value is -2.20. The summed E-state index contributed by atoms with van der Waals surface area (Å²) < 4.78 is 12.9. The maximum absolute atomic E-state index is 12.9. The molecular weight excluding hydrogens is 291 g/mol. The van der Waals surface area contributed by atoms with Gasteiger partial charge in [0.25, 0.3) is 0 Å². The molecule has 1 aliphatic rings. The Morgan fingerprint density at radius 1 is 1.17 bits per heavy atom. The maximum Gasteiger partial charge on any atom is 0.237 e. The van der Waals surface area contributed by atoms with Crippen LogP contribution < -0.4 is 5.32 Å². The van der Waals surface area contributed by atoms with Crippen molar-refractivity contribution in [1.29, 1.82) is 0 Å². The third-order valence-electron chi connectivity index (χ3n) is 4.47. The van der Waals surface area contributed by atoms with Crippen LogP contribution in [-0.2, 0) is 24.3 Å². The molecule has 0 bridgehead atoms. The molecule has 0 unspecified atom stereocenters. The molecule has 0 spiro atoms. The fourth-order valence-electron chi connectivity index (χ4n) is 2.95. The van der Waals surface area contributed by atoms with E-state index >= 15 is 0 Å². The fourth-order valence-corrected chi connectivity index (χ4v) is 2.95. The van der Waals surface area contributed by atoms with Crippen LogP contribution in [0, 0.1) is 5.82 Å². The van der Waals surface area contributed by atoms with E-state index in [1.165, 1.54) is 23.3 Å². The van der Waals surface area contributed by atoms with Crippen LogP contribution in [-0.4, -0.2) is 23.4 Å². The van der Waals surface area contributed by atoms with E-state index in [9.17, 15) is 9.18 Å². The summed E-state index contributed by atoms with van der Waals surface area (Å²) in [6.07, 6.45) is 0.978. The Morgan fingerprint density at radius 3 is 2.61 bits per heavy atom. The van der Waals surface area contributed by atoms with E-state index in [-0.39, 0.29) is 17.8 Å². The van der Waals surface area contributed by atoms with Gasteiger partial charge in [-0.2, -0.15) is 0 Å². The summed E-state index contributed by atoms with van der Waals surface area (Å²) in [6.45, 7) is 4.06. The highest BCUT2D eigenvalue weighted by atomic mass is 19.1. The normalized spacial score (nSPS) is 15.7. The van der Waals surface area contributed by atoms with E-state index in [4.69, 9.17) is 0 Å². The van der Waals surface area contributed by atoms with Crippen molar-refractivity contribution in [3.8, 4) is 0 Å². The zero-order valence-corrected chi connectivity index (χ0v) is 13.3. The Labute approximate surface area is 136 Å². The summed E-state index contributed by atoms with van der Waals surface area (Å²) in [7, 11) is 0. The molecule has 3 nitrogen and oxygen atoms in total. The monoisotopic (exact) mass is 312 g/mol. The quantitative estimate of drug-likeness (QED) is 0.941. The smallest absolute Gasteiger partial charge is 0.237 e. The molecule has 2 aromatic carbocycles. The Morgan fingerprint density at radius 2 is 1.87 bits per heavy atom. The van der Waals surface area contributed by atoms with Crippen molar-refractivity contribution in [2.45, 2.75) is 32.5 Å². The summed E-state index contributed by atoms with van der Waals surface area (Å²) in [5.41, 5.74) is 3.58. The number of amides is 1. The van der Waals surface area contributed by atoms with Gasteiger partial charge in [0.2, 0.25) is 5.91 Å². The first-order valence-electron chi connectivity index (χ1n) is 7.96. The molecule has 0 aliphatic carbocycles. The molecule has 1 atom stereocenters. The molecule has 0 aromatic heterocycles. The van der Waals surface area contributed by atoms with Crippen LogP contribution in [0.2, 0.25) is 0 Å². The minimum atomic E-state index is -0.263. The van der Waals surface area contributed by atoms with Crippen molar-refractivity contribution >= 4 is 5.91 Å². The highest BCUT2D eigenvalue weighted by molar-refractivity contribution is 5.81. The lowest BCUT2D eigenvalue weighted by molar-refractivity contribution is -0.126. The van der Waals surface area contributed by atoms with Crippen LogP contribution in [0.3, 0.4) is 0 Å². The first-order chi connectivity index (χ1) is 11.1. The number of hydrogen-bond acceptors (Lipinski definition) is 2. The third kappa shape index (κ3) is 3.77. The van der Waals surface area contributed by atoms with Gasteiger partial charge in [-0.25, -0.2) is 4.39 Å². The Bertz CT molecular complexity index is 684. The molecule has 1 heterocycles. The molecule has 4 heteroatoms. The lowest BCUT2D eigenvalue weighted by Gasteiger charge is -2.32. The molecule has 23 heavy (non-hydrogen) atoms. The SMILES string of the molecule is C[C@H](C(=O)NCc1ccc(F)cc1)N1CCc2ccccc2C1. The number of nitrogens with zero attached hydrogens (tertiary/aromatic N) is 1. The summed E-state index contributed by atoms with van der Waals surface area (Å²) in [4.78, 5) is 14.6. The molecule has 0 fully saturated rings. The van der Waals surface area contributed by atoms with Gasteiger partial charge >= 0.3 is 0 Å². The van der Waals surface area contributed by atoms with Gasteiger partial charge in [0.1, 0.15) is 5.82 Å². The molecule has 1 aliphatic heterocycles. The molecular formula is C19H21FN2O. The van der Waals surface area contributed by atoms with Crippen LogP contribution in [0.1, 0.15) is 23.6 Å². The van der Waals surface area contributed by atoms with Crippen LogP contribution in [0.15, 0.2) is 48.5 Å². The maximum atomic E-state index is 12.9. The van der Waals surface area contributed by atoms with Gasteiger partial charge in [0, 0.05) is 19.6 Å². The molecule has 120 valence electrons. The van der Waals surface area contributed by atoms with Crippen molar-refractivity contribution in [3.05, 3.63) is 71.0 Å². The number of hydrogen-bond donors (Lipinski definition) is 1. The number of halogens is 1. The van der Waals surface area contributed by atoms with E-state index in [0.717, 1.165) is 25.1 Å². The minimum Gasteiger partial charge on any atom is -0.351 e. The summed E-state index contributed by atoms with van der Waals surface area (Å²) in [5, 5.41) is 2.94. The van der Waals surface area contributed by atoms with Gasteiger partial charge in [0.15, 0.2) is 0 Å². The number of carbonyl (C=O) groups is 1. The minimum absolute atomic E-state index is 0.00806. The molecule has 0 radical (unpaired) electrons. The molecule has 3 rings (SSSR count). The number of rotatable bonds is 4. The Balaban J connectivity index is 1.56. The molecule has 2 aromatic rings. The second-order valence-corrected chi connectivity index (χ2v) is 6.01. The average molecular weight is 312 g/mol. The zero-order chi connectivity index (χ0) is 16.2. The van der Waals surface area contributed by atoms with Crippen molar-refractivity contribution in [2.75, 3.05) is 6.54 Å². The van der Waals surface area contributed by atoms with Gasteiger partial charge in [-0.15, -0.1) is 0 Å². The first-order valence-corrected chi connectivity index (χ1v) is 7.96. The van der Waals surface area contributed by atoms with Gasteiger partial charge in [-0.1, -0.05) is 36.4 Å². The number of fused-ring (bicyclic) bond motifs is 1. The number of benzene rings is 2. The van der Waals surface area contributed by atoms with Gasteiger partial charge in [-0.3, -0.25) is 9.69 Å². The Kier molecular flexibility index (Phi) is 4.72. The van der Waals surface area contributed by atoms with Crippen LogP contribution >= 0.6 is 0 Å². The van der Waals surface area contributed by atoms with E-state index in [2.05, 4.69) is 28.4 Å². The predicted octanol–water partition coefficient (Wildman–Crippen LogP) is 2.89. The number of carbonyl (C=O) groups excluding carboxylic acids is 1. The second kappa shape index (κ2) is 6.92. The van der Waals surface area contributed by atoms with Crippen molar-refractivity contribution < 1.29 is 9.18 Å². The largest absolute Gasteiger partial charge is 0.351 e. The van der Waals surface area contributed by atoms with E-state index < -0.39 is 0 Å². The standard InChI is InChI=1S/C19H21FN2O/c1-14(19(23)21-12-15-6-8-18(20)9-7-15)22-11-10-16-4-2-3-5-17(16)13-22/h2-9,14H,10-13H2,1H3,(H,21,23)/t14-/m1/s1. The summed E-state index contributed by atoms with van der Waals surface area (Å²) >= 11 is 0. The van der Waals surface area contributed by atoms with E-state index in [1.54, 1.807) is 12.1 Å². The average Bonchev–Trinajstić information content (AvgIpc) is 2.60. The second-order valence-electron chi connectivity index (χ2n) is 6.01. The lowest BCUT2D eigenvalue weighted by atomic mass is 9.99. The zero-order valence-electron chi connectivity index (χ0n) is 13.3. The third-order valence-corrected chi connectivity index (χ3v) is 4.47. The predicted molar refractivity (Wildman–Crippen MR) is 88.3 cm³/mol. The van der Waals surface area contributed by atoms with Crippen LogP contribution in [0.25, 0.3) is 0 Å². The molecule has 0 saturated carbocycles. The van der Waals surface area contributed by atoms with E-state index in [1.807, 2.05) is 13.0 Å². The lowest BCUT2D eigenvalue weighted by Crippen LogP contribution is -2.46. The summed E-state index contributed by atoms with van der Waals surface area (Å²) in [6, 6.07) is 14.4. The highest BCUT2D eigenvalue weighted by Gasteiger charge is 2.24. The topological polar surface area (TPSA) is 32.3 Å². The summed E-state index contributed by atoms with van der Waals surface area (Å²) in [5.74, 6) is -0.255. The molecule has 1 N–H and O–H groups in total. The van der Waals surface area contributed by atoms with E-state index in [0.29, 0.717) is 6.54 Å².